The van der Waals surface area contributed by atoms with Crippen molar-refractivity contribution in [1.29, 1.82) is 0 Å². The number of piperidine rings is 1. The summed E-state index contributed by atoms with van der Waals surface area (Å²) in [5, 5.41) is 4.14. The molecule has 1 aliphatic heterocycles. The molecule has 7 heteroatoms. The van der Waals surface area contributed by atoms with Crippen LogP contribution in [0.4, 0.5) is 0 Å². The third-order valence-corrected chi connectivity index (χ3v) is 4.52. The van der Waals surface area contributed by atoms with Crippen molar-refractivity contribution in [1.82, 2.24) is 25.0 Å². The molecule has 1 atom stereocenters. The van der Waals surface area contributed by atoms with Gasteiger partial charge in [0.1, 0.15) is 5.69 Å². The fourth-order valence-electron chi connectivity index (χ4n) is 3.31. The summed E-state index contributed by atoms with van der Waals surface area (Å²) in [6.45, 7) is 2.56. The van der Waals surface area contributed by atoms with Crippen molar-refractivity contribution >= 4 is 0 Å². The summed E-state index contributed by atoms with van der Waals surface area (Å²) in [7, 11) is 0. The molecule has 1 aliphatic rings. The second-order valence-electron chi connectivity index (χ2n) is 6.33. The molecule has 0 bridgehead atoms. The minimum Gasteiger partial charge on any atom is -0.359 e. The van der Waals surface area contributed by atoms with Crippen LogP contribution in [0.5, 0.6) is 0 Å². The van der Waals surface area contributed by atoms with Crippen molar-refractivity contribution in [3.8, 4) is 11.3 Å². The largest absolute Gasteiger partial charge is 0.359 e. The monoisotopic (exact) mass is 337 g/mol. The summed E-state index contributed by atoms with van der Waals surface area (Å²) in [5.74, 6) is 1.11. The Bertz CT molecular complexity index is 889. The van der Waals surface area contributed by atoms with E-state index in [1.165, 1.54) is 6.33 Å². The Kier molecular flexibility index (Phi) is 4.39. The van der Waals surface area contributed by atoms with Gasteiger partial charge in [0.2, 0.25) is 0 Å². The first kappa shape index (κ1) is 15.7. The third-order valence-electron chi connectivity index (χ3n) is 4.52. The highest BCUT2D eigenvalue weighted by atomic mass is 16.5. The number of pyridine rings is 1. The van der Waals surface area contributed by atoms with E-state index in [1.54, 1.807) is 18.5 Å². The van der Waals surface area contributed by atoms with Crippen molar-refractivity contribution in [2.24, 2.45) is 0 Å². The van der Waals surface area contributed by atoms with Crippen LogP contribution in [0.15, 0.2) is 52.3 Å². The van der Waals surface area contributed by atoms with E-state index < -0.39 is 0 Å². The van der Waals surface area contributed by atoms with Gasteiger partial charge in [-0.1, -0.05) is 5.16 Å². The summed E-state index contributed by atoms with van der Waals surface area (Å²) in [6.07, 6.45) is 7.11. The molecular formula is C18H19N5O2. The normalized spacial score (nSPS) is 18.3. The number of H-pyrrole nitrogens is 1. The number of nitrogens with zero attached hydrogens (tertiary/aromatic N) is 4. The van der Waals surface area contributed by atoms with Gasteiger partial charge >= 0.3 is 0 Å². The zero-order chi connectivity index (χ0) is 17.1. The van der Waals surface area contributed by atoms with Crippen LogP contribution in [-0.4, -0.2) is 38.1 Å². The maximum absolute atomic E-state index is 11.5. The summed E-state index contributed by atoms with van der Waals surface area (Å²) in [6, 6.07) is 7.41. The van der Waals surface area contributed by atoms with E-state index in [4.69, 9.17) is 4.52 Å². The Morgan fingerprint density at radius 3 is 3.16 bits per heavy atom. The molecule has 1 saturated heterocycles. The Labute approximate surface area is 144 Å². The molecule has 3 aromatic rings. The average molecular weight is 337 g/mol. The lowest BCUT2D eigenvalue weighted by Gasteiger charge is -2.31. The molecule has 25 heavy (non-hydrogen) atoms. The van der Waals surface area contributed by atoms with Gasteiger partial charge in [0.05, 0.1) is 18.6 Å². The Balaban J connectivity index is 1.44. The molecule has 3 aromatic heterocycles. The first-order chi connectivity index (χ1) is 12.3. The lowest BCUT2D eigenvalue weighted by atomic mass is 9.94. The van der Waals surface area contributed by atoms with E-state index in [0.29, 0.717) is 6.54 Å². The zero-order valence-corrected chi connectivity index (χ0v) is 13.8. The van der Waals surface area contributed by atoms with Crippen LogP contribution < -0.4 is 5.56 Å². The van der Waals surface area contributed by atoms with Crippen LogP contribution in [0.25, 0.3) is 11.3 Å². The van der Waals surface area contributed by atoms with E-state index in [2.05, 4.69) is 25.0 Å². The molecule has 0 spiro atoms. The second-order valence-corrected chi connectivity index (χ2v) is 6.33. The van der Waals surface area contributed by atoms with Crippen LogP contribution in [0, 0.1) is 0 Å². The van der Waals surface area contributed by atoms with Crippen LogP contribution in [0.1, 0.15) is 30.2 Å². The van der Waals surface area contributed by atoms with Crippen LogP contribution in [0.3, 0.4) is 0 Å². The molecule has 0 saturated carbocycles. The van der Waals surface area contributed by atoms with Crippen molar-refractivity contribution in [2.45, 2.75) is 25.3 Å². The van der Waals surface area contributed by atoms with Crippen molar-refractivity contribution in [3.05, 3.63) is 64.8 Å². The summed E-state index contributed by atoms with van der Waals surface area (Å²) in [5.41, 5.74) is 2.51. The Morgan fingerprint density at radius 2 is 2.32 bits per heavy atom. The summed E-state index contributed by atoms with van der Waals surface area (Å²) >= 11 is 0. The maximum Gasteiger partial charge on any atom is 0.250 e. The standard InChI is InChI=1S/C18H19N5O2/c24-18-8-16(20-12-21-18)14-4-2-6-23(10-14)11-15-7-17(22-25-15)13-3-1-5-19-9-13/h1,3,5,7-9,12,14H,2,4,6,10-11H2,(H,20,21,24). The fourth-order valence-corrected chi connectivity index (χ4v) is 3.31. The smallest absolute Gasteiger partial charge is 0.250 e. The molecule has 1 unspecified atom stereocenters. The quantitative estimate of drug-likeness (QED) is 0.785. The fraction of sp³-hybridized carbons (Fsp3) is 0.333. The molecule has 1 N–H and O–H groups in total. The van der Waals surface area contributed by atoms with E-state index in [-0.39, 0.29) is 11.5 Å². The second kappa shape index (κ2) is 6.98. The van der Waals surface area contributed by atoms with Gasteiger partial charge in [-0.2, -0.15) is 0 Å². The van der Waals surface area contributed by atoms with Gasteiger partial charge in [0, 0.05) is 42.6 Å². The first-order valence-electron chi connectivity index (χ1n) is 8.41. The number of nitrogens with one attached hydrogen (secondary N) is 1. The van der Waals surface area contributed by atoms with Gasteiger partial charge in [-0.3, -0.25) is 14.7 Å². The molecule has 0 radical (unpaired) electrons. The number of aromatic amines is 1. The van der Waals surface area contributed by atoms with E-state index in [1.807, 2.05) is 18.2 Å². The molecular weight excluding hydrogens is 318 g/mol. The van der Waals surface area contributed by atoms with Crippen LogP contribution >= 0.6 is 0 Å². The molecule has 1 fully saturated rings. The SMILES string of the molecule is O=c1cc(C2CCCN(Cc3cc(-c4cccnc4)no3)C2)nc[nH]1. The van der Waals surface area contributed by atoms with Crippen molar-refractivity contribution in [3.63, 3.8) is 0 Å². The molecule has 0 aliphatic carbocycles. The number of likely N-dealkylation sites (tertiary alicyclic amines) is 1. The molecule has 4 rings (SSSR count). The van der Waals surface area contributed by atoms with Gasteiger partial charge in [-0.05, 0) is 31.5 Å². The van der Waals surface area contributed by atoms with Gasteiger partial charge in [-0.15, -0.1) is 0 Å². The minimum absolute atomic E-state index is 0.0986. The summed E-state index contributed by atoms with van der Waals surface area (Å²) in [4.78, 5) is 24.8. The average Bonchev–Trinajstić information content (AvgIpc) is 3.11. The number of hydrogen-bond acceptors (Lipinski definition) is 6. The number of hydrogen-bond donors (Lipinski definition) is 1. The molecule has 0 aromatic carbocycles. The zero-order valence-electron chi connectivity index (χ0n) is 13.8. The van der Waals surface area contributed by atoms with E-state index in [0.717, 1.165) is 48.6 Å². The Morgan fingerprint density at radius 1 is 1.36 bits per heavy atom. The van der Waals surface area contributed by atoms with Crippen LogP contribution in [-0.2, 0) is 6.54 Å². The van der Waals surface area contributed by atoms with Gasteiger partial charge in [0.15, 0.2) is 5.76 Å². The highest BCUT2D eigenvalue weighted by molar-refractivity contribution is 5.57. The highest BCUT2D eigenvalue weighted by Gasteiger charge is 2.23. The lowest BCUT2D eigenvalue weighted by molar-refractivity contribution is 0.179. The number of aromatic nitrogens is 4. The van der Waals surface area contributed by atoms with Gasteiger partial charge < -0.3 is 9.51 Å². The first-order valence-corrected chi connectivity index (χ1v) is 8.41. The summed E-state index contributed by atoms with van der Waals surface area (Å²) < 4.78 is 5.49. The van der Waals surface area contributed by atoms with Gasteiger partial charge in [-0.25, -0.2) is 4.98 Å². The lowest BCUT2D eigenvalue weighted by Crippen LogP contribution is -2.34. The Hall–Kier alpha value is -2.80. The van der Waals surface area contributed by atoms with Crippen molar-refractivity contribution in [2.75, 3.05) is 13.1 Å². The molecule has 7 nitrogen and oxygen atoms in total. The topological polar surface area (TPSA) is 87.9 Å². The molecule has 4 heterocycles. The third kappa shape index (κ3) is 3.66. The minimum atomic E-state index is -0.0986. The highest BCUT2D eigenvalue weighted by Crippen LogP contribution is 2.26. The van der Waals surface area contributed by atoms with Crippen LogP contribution in [0.2, 0.25) is 0 Å². The number of rotatable bonds is 4. The molecule has 0 amide bonds. The maximum atomic E-state index is 11.5. The van der Waals surface area contributed by atoms with E-state index in [9.17, 15) is 4.79 Å². The van der Waals surface area contributed by atoms with Crippen molar-refractivity contribution < 1.29 is 4.52 Å². The van der Waals surface area contributed by atoms with E-state index >= 15 is 0 Å². The predicted molar refractivity (Wildman–Crippen MR) is 91.8 cm³/mol. The van der Waals surface area contributed by atoms with Gasteiger partial charge in [0.25, 0.3) is 5.56 Å². The predicted octanol–water partition coefficient (Wildman–Crippen LogP) is 2.20. The molecule has 128 valence electrons.